The topological polar surface area (TPSA) is 55.8 Å². The summed E-state index contributed by atoms with van der Waals surface area (Å²) in [6.07, 6.45) is 1.29. The third-order valence-electron chi connectivity index (χ3n) is 2.96. The smallest absolute Gasteiger partial charge is 0.417 e. The Morgan fingerprint density at radius 2 is 2.12 bits per heavy atom. The Hall–Kier alpha value is -1.26. The molecule has 91 valence electrons. The summed E-state index contributed by atoms with van der Waals surface area (Å²) in [5.74, 6) is 0.312. The molecular formula is C11H18NO4. The van der Waals surface area contributed by atoms with Gasteiger partial charge in [-0.2, -0.15) is 0 Å². The van der Waals surface area contributed by atoms with Gasteiger partial charge in [-0.1, -0.05) is 0 Å². The molecule has 1 fully saturated rings. The second kappa shape index (κ2) is 6.35. The Labute approximate surface area is 95.7 Å². The summed E-state index contributed by atoms with van der Waals surface area (Å²) in [5.41, 5.74) is 0. The standard InChI is InChI=1S/C11H18NO4/c1-3-15-11(14)12-6-4-10(5-7-12)9(2)16-8-13/h9-10H,3-7H2,1-2H3. The van der Waals surface area contributed by atoms with E-state index in [2.05, 4.69) is 0 Å². The summed E-state index contributed by atoms with van der Waals surface area (Å²) in [5, 5.41) is 0. The molecule has 1 rings (SSSR count). The normalized spacial score (nSPS) is 19.0. The van der Waals surface area contributed by atoms with Crippen molar-refractivity contribution in [1.82, 2.24) is 4.90 Å². The lowest BCUT2D eigenvalue weighted by Gasteiger charge is -2.33. The highest BCUT2D eigenvalue weighted by Gasteiger charge is 2.27. The van der Waals surface area contributed by atoms with Gasteiger partial charge in [-0.3, -0.25) is 0 Å². The molecule has 0 aromatic heterocycles. The van der Waals surface area contributed by atoms with Crippen molar-refractivity contribution in [2.45, 2.75) is 32.8 Å². The lowest BCUT2D eigenvalue weighted by atomic mass is 9.92. The predicted octanol–water partition coefficient (Wildman–Crippen LogP) is 1.33. The Morgan fingerprint density at radius 1 is 1.50 bits per heavy atom. The Balaban J connectivity index is 2.33. The number of piperidine rings is 1. The maximum Gasteiger partial charge on any atom is 0.417 e. The van der Waals surface area contributed by atoms with E-state index in [4.69, 9.17) is 9.47 Å². The zero-order chi connectivity index (χ0) is 12.0. The van der Waals surface area contributed by atoms with Gasteiger partial charge < -0.3 is 14.4 Å². The molecule has 16 heavy (non-hydrogen) atoms. The van der Waals surface area contributed by atoms with Gasteiger partial charge in [-0.25, -0.2) is 9.59 Å². The maximum atomic E-state index is 11.4. The minimum atomic E-state index is -0.253. The van der Waals surface area contributed by atoms with Crippen LogP contribution in [0.3, 0.4) is 0 Å². The SMILES string of the molecule is CCOC(=O)N1CCC(C(C)O[C]=O)CC1. The van der Waals surface area contributed by atoms with Crippen molar-refractivity contribution < 1.29 is 19.1 Å². The fourth-order valence-electron chi connectivity index (χ4n) is 1.94. The van der Waals surface area contributed by atoms with Crippen LogP contribution in [0.5, 0.6) is 0 Å². The van der Waals surface area contributed by atoms with E-state index in [1.807, 2.05) is 6.92 Å². The zero-order valence-corrected chi connectivity index (χ0v) is 9.77. The molecule has 0 aliphatic carbocycles. The maximum absolute atomic E-state index is 11.4. The van der Waals surface area contributed by atoms with E-state index in [1.165, 1.54) is 6.47 Å². The van der Waals surface area contributed by atoms with Gasteiger partial charge in [0.15, 0.2) is 0 Å². The molecule has 5 nitrogen and oxygen atoms in total. The number of nitrogens with zero attached hydrogens (tertiary/aromatic N) is 1. The summed E-state index contributed by atoms with van der Waals surface area (Å²) < 4.78 is 9.70. The summed E-state index contributed by atoms with van der Waals surface area (Å²) in [4.78, 5) is 23.2. The number of carbonyl (C=O) groups is 1. The van der Waals surface area contributed by atoms with Gasteiger partial charge in [-0.05, 0) is 32.6 Å². The van der Waals surface area contributed by atoms with Gasteiger partial charge in [0.05, 0.1) is 6.61 Å². The van der Waals surface area contributed by atoms with Crippen molar-refractivity contribution in [3.8, 4) is 0 Å². The minimum absolute atomic E-state index is 0.123. The highest BCUT2D eigenvalue weighted by molar-refractivity contribution is 5.67. The molecule has 0 N–H and O–H groups in total. The Kier molecular flexibility index (Phi) is 5.08. The van der Waals surface area contributed by atoms with Crippen molar-refractivity contribution in [1.29, 1.82) is 0 Å². The molecule has 1 saturated heterocycles. The van der Waals surface area contributed by atoms with Crippen molar-refractivity contribution >= 4 is 12.6 Å². The molecule has 1 radical (unpaired) electrons. The van der Waals surface area contributed by atoms with Crippen LogP contribution in [0.2, 0.25) is 0 Å². The van der Waals surface area contributed by atoms with E-state index in [1.54, 1.807) is 11.8 Å². The molecule has 1 unspecified atom stereocenters. The first-order valence-electron chi connectivity index (χ1n) is 5.63. The molecular weight excluding hydrogens is 210 g/mol. The number of carbonyl (C=O) groups excluding carboxylic acids is 2. The van der Waals surface area contributed by atoms with Crippen LogP contribution in [-0.2, 0) is 14.3 Å². The molecule has 5 heteroatoms. The summed E-state index contributed by atoms with van der Waals surface area (Å²) in [7, 11) is 0. The average Bonchev–Trinajstić information content (AvgIpc) is 2.30. The van der Waals surface area contributed by atoms with Crippen LogP contribution < -0.4 is 0 Å². The molecule has 1 heterocycles. The minimum Gasteiger partial charge on any atom is -0.454 e. The van der Waals surface area contributed by atoms with Crippen molar-refractivity contribution in [2.24, 2.45) is 5.92 Å². The molecule has 0 saturated carbocycles. The Bertz CT molecular complexity index is 236. The molecule has 1 aliphatic heterocycles. The quantitative estimate of drug-likeness (QED) is 0.728. The van der Waals surface area contributed by atoms with Crippen molar-refractivity contribution in [3.05, 3.63) is 0 Å². The molecule has 0 aromatic carbocycles. The second-order valence-electron chi connectivity index (χ2n) is 3.93. The van der Waals surface area contributed by atoms with E-state index in [0.29, 0.717) is 25.6 Å². The van der Waals surface area contributed by atoms with E-state index in [-0.39, 0.29) is 12.2 Å². The molecule has 1 aliphatic rings. The van der Waals surface area contributed by atoms with Gasteiger partial charge in [0.2, 0.25) is 0 Å². The summed E-state index contributed by atoms with van der Waals surface area (Å²) in [6.45, 7) is 6.84. The number of amides is 1. The van der Waals surface area contributed by atoms with E-state index < -0.39 is 0 Å². The molecule has 0 spiro atoms. The molecule has 1 amide bonds. The van der Waals surface area contributed by atoms with Crippen LogP contribution in [0.4, 0.5) is 4.79 Å². The largest absolute Gasteiger partial charge is 0.454 e. The van der Waals surface area contributed by atoms with Crippen LogP contribution in [0.15, 0.2) is 0 Å². The second-order valence-corrected chi connectivity index (χ2v) is 3.93. The molecule has 0 bridgehead atoms. The van der Waals surface area contributed by atoms with Gasteiger partial charge in [0, 0.05) is 13.1 Å². The summed E-state index contributed by atoms with van der Waals surface area (Å²) >= 11 is 0. The van der Waals surface area contributed by atoms with Gasteiger partial charge in [0.25, 0.3) is 0 Å². The highest BCUT2D eigenvalue weighted by atomic mass is 16.6. The van der Waals surface area contributed by atoms with Crippen molar-refractivity contribution in [2.75, 3.05) is 19.7 Å². The van der Waals surface area contributed by atoms with Crippen LogP contribution in [0.1, 0.15) is 26.7 Å². The van der Waals surface area contributed by atoms with Crippen LogP contribution in [-0.4, -0.2) is 43.3 Å². The van der Waals surface area contributed by atoms with Crippen LogP contribution in [0.25, 0.3) is 0 Å². The van der Waals surface area contributed by atoms with E-state index in [0.717, 1.165) is 12.8 Å². The zero-order valence-electron chi connectivity index (χ0n) is 9.77. The first kappa shape index (κ1) is 12.8. The number of likely N-dealkylation sites (tertiary alicyclic amines) is 1. The predicted molar refractivity (Wildman–Crippen MR) is 57.6 cm³/mol. The Morgan fingerprint density at radius 3 is 2.62 bits per heavy atom. The van der Waals surface area contributed by atoms with Crippen LogP contribution >= 0.6 is 0 Å². The third-order valence-corrected chi connectivity index (χ3v) is 2.96. The number of hydrogen-bond donors (Lipinski definition) is 0. The van der Waals surface area contributed by atoms with Gasteiger partial charge in [-0.15, -0.1) is 0 Å². The number of hydrogen-bond acceptors (Lipinski definition) is 4. The summed E-state index contributed by atoms with van der Waals surface area (Å²) in [6, 6.07) is 0. The fourth-order valence-corrected chi connectivity index (χ4v) is 1.94. The van der Waals surface area contributed by atoms with Crippen molar-refractivity contribution in [3.63, 3.8) is 0 Å². The van der Waals surface area contributed by atoms with E-state index >= 15 is 0 Å². The first-order valence-corrected chi connectivity index (χ1v) is 5.63. The van der Waals surface area contributed by atoms with Crippen LogP contribution in [0, 0.1) is 5.92 Å². The molecule has 0 aromatic rings. The van der Waals surface area contributed by atoms with E-state index in [9.17, 15) is 9.59 Å². The first-order chi connectivity index (χ1) is 7.69. The molecule has 1 atom stereocenters. The lowest BCUT2D eigenvalue weighted by Crippen LogP contribution is -2.41. The van der Waals surface area contributed by atoms with Gasteiger partial charge >= 0.3 is 12.6 Å². The highest BCUT2D eigenvalue weighted by Crippen LogP contribution is 2.22. The fraction of sp³-hybridized carbons (Fsp3) is 0.818. The monoisotopic (exact) mass is 228 g/mol. The third kappa shape index (κ3) is 3.40. The average molecular weight is 228 g/mol. The lowest BCUT2D eigenvalue weighted by molar-refractivity contribution is 0.0605. The number of rotatable bonds is 4. The number of ether oxygens (including phenoxy) is 2. The van der Waals surface area contributed by atoms with Gasteiger partial charge in [0.1, 0.15) is 6.10 Å².